The Hall–Kier alpha value is -1.10. The molecule has 0 N–H and O–H groups in total. The first-order valence-electron chi connectivity index (χ1n) is 8.23. The topological polar surface area (TPSA) is 59.1 Å². The van der Waals surface area contributed by atoms with E-state index in [1.54, 1.807) is 31.0 Å². The van der Waals surface area contributed by atoms with Crippen molar-refractivity contribution in [1.29, 1.82) is 0 Å². The fraction of sp³-hybridized carbons (Fsp3) is 0.688. The average molecular weight is 344 g/mol. The summed E-state index contributed by atoms with van der Waals surface area (Å²) in [5.41, 5.74) is 1.11. The molecule has 2 amide bonds. The van der Waals surface area contributed by atoms with Crippen molar-refractivity contribution in [3.63, 3.8) is 0 Å². The highest BCUT2D eigenvalue weighted by molar-refractivity contribution is 7.54. The van der Waals surface area contributed by atoms with Gasteiger partial charge in [0.25, 0.3) is 0 Å². The van der Waals surface area contributed by atoms with Crippen LogP contribution in [0.15, 0.2) is 24.4 Å². The maximum absolute atomic E-state index is 13.2. The molecule has 1 aliphatic rings. The lowest BCUT2D eigenvalue weighted by Crippen LogP contribution is -2.31. The first-order valence-corrected chi connectivity index (χ1v) is 9.84. The lowest BCUT2D eigenvalue weighted by molar-refractivity contribution is 0.190. The van der Waals surface area contributed by atoms with Crippen molar-refractivity contribution < 1.29 is 18.4 Å². The van der Waals surface area contributed by atoms with Crippen LogP contribution >= 0.6 is 7.60 Å². The molecule has 6 nitrogen and oxygen atoms in total. The van der Waals surface area contributed by atoms with E-state index in [9.17, 15) is 9.36 Å². The fourth-order valence-corrected chi connectivity index (χ4v) is 4.56. The van der Waals surface area contributed by atoms with Crippen molar-refractivity contribution in [2.24, 2.45) is 0 Å². The summed E-state index contributed by atoms with van der Waals surface area (Å²) in [6, 6.07) is -0.186. The van der Waals surface area contributed by atoms with Gasteiger partial charge in [-0.2, -0.15) is 0 Å². The number of allylic oxidation sites excluding steroid dienone is 1. The van der Waals surface area contributed by atoms with Gasteiger partial charge in [-0.05, 0) is 26.7 Å². The van der Waals surface area contributed by atoms with E-state index < -0.39 is 13.4 Å². The van der Waals surface area contributed by atoms with E-state index in [2.05, 4.69) is 6.58 Å². The number of urea groups is 1. The minimum atomic E-state index is -3.41. The molecule has 132 valence electrons. The molecule has 0 spiro atoms. The van der Waals surface area contributed by atoms with Gasteiger partial charge in [0, 0.05) is 12.7 Å². The highest BCUT2D eigenvalue weighted by atomic mass is 31.2. The van der Waals surface area contributed by atoms with Crippen LogP contribution in [0.2, 0.25) is 0 Å². The van der Waals surface area contributed by atoms with E-state index in [4.69, 9.17) is 9.05 Å². The van der Waals surface area contributed by atoms with Crippen LogP contribution in [0.25, 0.3) is 0 Å². The van der Waals surface area contributed by atoms with Gasteiger partial charge in [0.1, 0.15) is 0 Å². The molecule has 1 aliphatic heterocycles. The van der Waals surface area contributed by atoms with E-state index >= 15 is 0 Å². The van der Waals surface area contributed by atoms with Crippen LogP contribution in [0.5, 0.6) is 0 Å². The number of rotatable bonds is 10. The van der Waals surface area contributed by atoms with Gasteiger partial charge in [0.15, 0.2) is 5.78 Å². The zero-order chi connectivity index (χ0) is 17.5. The van der Waals surface area contributed by atoms with Gasteiger partial charge < -0.3 is 13.9 Å². The Bertz CT molecular complexity index is 476. The molecular weight excluding hydrogens is 315 g/mol. The molecule has 23 heavy (non-hydrogen) atoms. The van der Waals surface area contributed by atoms with Crippen molar-refractivity contribution in [3.8, 4) is 0 Å². The largest absolute Gasteiger partial charge is 0.355 e. The first kappa shape index (κ1) is 19.9. The van der Waals surface area contributed by atoms with Crippen molar-refractivity contribution >= 4 is 13.6 Å². The zero-order valence-corrected chi connectivity index (χ0v) is 15.6. The van der Waals surface area contributed by atoms with Gasteiger partial charge in [0.05, 0.1) is 19.8 Å². The summed E-state index contributed by atoms with van der Waals surface area (Å²) in [5.74, 6) is -0.622. The summed E-state index contributed by atoms with van der Waals surface area (Å²) >= 11 is 0. The molecule has 1 heterocycles. The third-order valence-corrected chi connectivity index (χ3v) is 6.14. The summed E-state index contributed by atoms with van der Waals surface area (Å²) in [4.78, 5) is 15.8. The molecule has 1 unspecified atom stereocenters. The van der Waals surface area contributed by atoms with Gasteiger partial charge in [-0.15, -0.1) is 6.58 Å². The lowest BCUT2D eigenvalue weighted by Gasteiger charge is -2.27. The number of carbonyl (C=O) groups excluding carboxylic acids is 1. The Labute approximate surface area is 139 Å². The summed E-state index contributed by atoms with van der Waals surface area (Å²) in [6.45, 7) is 12.6. The molecule has 0 bridgehead atoms. The highest BCUT2D eigenvalue weighted by Gasteiger charge is 2.48. The maximum atomic E-state index is 13.2. The minimum Gasteiger partial charge on any atom is -0.318 e. The predicted molar refractivity (Wildman–Crippen MR) is 92.3 cm³/mol. The van der Waals surface area contributed by atoms with Crippen molar-refractivity contribution in [2.75, 3.05) is 26.3 Å². The molecule has 0 aromatic carbocycles. The Morgan fingerprint density at radius 1 is 1.26 bits per heavy atom. The van der Waals surface area contributed by atoms with Gasteiger partial charge in [-0.1, -0.05) is 25.5 Å². The van der Waals surface area contributed by atoms with Crippen LogP contribution in [0.1, 0.15) is 40.5 Å². The van der Waals surface area contributed by atoms with Gasteiger partial charge in [-0.25, -0.2) is 4.79 Å². The van der Waals surface area contributed by atoms with Crippen molar-refractivity contribution in [2.45, 2.75) is 46.3 Å². The normalized spacial score (nSPS) is 18.4. The third kappa shape index (κ3) is 4.69. The van der Waals surface area contributed by atoms with Crippen LogP contribution in [0.4, 0.5) is 4.79 Å². The molecule has 0 aromatic heterocycles. The number of hydrogen-bond donors (Lipinski definition) is 0. The second-order valence-corrected chi connectivity index (χ2v) is 7.43. The first-order chi connectivity index (χ1) is 11.0. The number of nitrogens with zero attached hydrogens (tertiary/aromatic N) is 2. The van der Waals surface area contributed by atoms with Gasteiger partial charge in [0.2, 0.25) is 0 Å². The van der Waals surface area contributed by atoms with E-state index in [1.807, 2.05) is 13.8 Å². The molecule has 0 radical (unpaired) electrons. The standard InChI is InChI=1S/C16H29N2O4P/c1-6-11-17-13-15(23(20,21-9-4)22-10-5)18(16(17)19)12-14(7-2)8-3/h6,12,15H,1,7-11,13H2,2-5H3. The Morgan fingerprint density at radius 2 is 1.83 bits per heavy atom. The average Bonchev–Trinajstić information content (AvgIpc) is 2.83. The smallest absolute Gasteiger partial charge is 0.318 e. The second-order valence-electron chi connectivity index (χ2n) is 5.23. The maximum Gasteiger partial charge on any atom is 0.355 e. The van der Waals surface area contributed by atoms with Gasteiger partial charge >= 0.3 is 13.6 Å². The molecular formula is C16H29N2O4P. The Morgan fingerprint density at radius 3 is 2.26 bits per heavy atom. The van der Waals surface area contributed by atoms with Crippen molar-refractivity contribution in [1.82, 2.24) is 9.80 Å². The molecule has 0 aromatic rings. The molecule has 0 saturated carbocycles. The highest BCUT2D eigenvalue weighted by Crippen LogP contribution is 2.56. The van der Waals surface area contributed by atoms with Crippen LogP contribution in [0.3, 0.4) is 0 Å². The molecule has 1 atom stereocenters. The quantitative estimate of drug-likeness (QED) is 0.440. The molecule has 7 heteroatoms. The number of amides is 2. The minimum absolute atomic E-state index is 0.186. The molecule has 0 aliphatic carbocycles. The van der Waals surface area contributed by atoms with E-state index in [0.717, 1.165) is 18.4 Å². The van der Waals surface area contributed by atoms with E-state index in [0.29, 0.717) is 13.1 Å². The molecule has 1 saturated heterocycles. The molecule has 1 rings (SSSR count). The fourth-order valence-electron chi connectivity index (χ4n) is 2.55. The summed E-state index contributed by atoms with van der Waals surface area (Å²) < 4.78 is 24.1. The van der Waals surface area contributed by atoms with E-state index in [-0.39, 0.29) is 19.2 Å². The molecule has 1 fully saturated rings. The van der Waals surface area contributed by atoms with E-state index in [1.165, 1.54) is 4.90 Å². The lowest BCUT2D eigenvalue weighted by atomic mass is 10.2. The predicted octanol–water partition coefficient (Wildman–Crippen LogP) is 4.21. The van der Waals surface area contributed by atoms with Crippen LogP contribution in [-0.4, -0.2) is 47.9 Å². The summed E-state index contributed by atoms with van der Waals surface area (Å²) in [6.07, 6.45) is 5.14. The Kier molecular flexibility index (Phi) is 8.03. The van der Waals surface area contributed by atoms with Crippen molar-refractivity contribution in [3.05, 3.63) is 24.4 Å². The third-order valence-electron chi connectivity index (χ3n) is 3.76. The summed E-state index contributed by atoms with van der Waals surface area (Å²) in [5, 5.41) is 0. The Balaban J connectivity index is 3.22. The van der Waals surface area contributed by atoms with Crippen LogP contribution in [-0.2, 0) is 13.6 Å². The number of carbonyl (C=O) groups is 1. The monoisotopic (exact) mass is 344 g/mol. The van der Waals surface area contributed by atoms with Crippen LogP contribution < -0.4 is 0 Å². The van der Waals surface area contributed by atoms with Crippen LogP contribution in [0, 0.1) is 0 Å². The van der Waals surface area contributed by atoms with Gasteiger partial charge in [-0.3, -0.25) is 9.46 Å². The second kappa shape index (κ2) is 9.26. The SMILES string of the molecule is C=CCN1CC(P(=O)(OCC)OCC)N(C=C(CC)CC)C1=O. The number of hydrogen-bond acceptors (Lipinski definition) is 4. The summed E-state index contributed by atoms with van der Waals surface area (Å²) in [7, 11) is -3.41. The zero-order valence-electron chi connectivity index (χ0n) is 14.7.